The zero-order valence-corrected chi connectivity index (χ0v) is 13.9. The first kappa shape index (κ1) is 16.4. The summed E-state index contributed by atoms with van der Waals surface area (Å²) in [6.07, 6.45) is 0. The predicted molar refractivity (Wildman–Crippen MR) is 91.1 cm³/mol. The van der Waals surface area contributed by atoms with Crippen molar-refractivity contribution in [1.29, 1.82) is 0 Å². The number of aryl methyl sites for hydroxylation is 1. The molecule has 0 fully saturated rings. The Morgan fingerprint density at radius 3 is 2.75 bits per heavy atom. The smallest absolute Gasteiger partial charge is 0.237 e. The number of anilines is 1. The summed E-state index contributed by atoms with van der Waals surface area (Å²) in [6, 6.07) is 9.11. The molecule has 3 rings (SSSR count). The highest BCUT2D eigenvalue weighted by molar-refractivity contribution is 8.00. The standard InChI is InChI=1S/C17H15F2N3OS/c1-9-3-6-14-15(7-9)22-17(21-14)24-10(2)16(23)20-11-4-5-12(18)13(19)8-11/h3-8,10H,1-2H3,(H,20,23)(H,21,22). The third kappa shape index (κ3) is 3.56. The van der Waals surface area contributed by atoms with Crippen LogP contribution in [0.2, 0.25) is 0 Å². The minimum Gasteiger partial charge on any atom is -0.333 e. The molecule has 2 aromatic carbocycles. The summed E-state index contributed by atoms with van der Waals surface area (Å²) in [4.78, 5) is 19.8. The largest absolute Gasteiger partial charge is 0.333 e. The van der Waals surface area contributed by atoms with Crippen LogP contribution in [0, 0.1) is 18.6 Å². The van der Waals surface area contributed by atoms with Gasteiger partial charge in [0.15, 0.2) is 16.8 Å². The average Bonchev–Trinajstić information content (AvgIpc) is 2.92. The summed E-state index contributed by atoms with van der Waals surface area (Å²) in [5.74, 6) is -2.27. The lowest BCUT2D eigenvalue weighted by Gasteiger charge is -2.10. The first-order valence-electron chi connectivity index (χ1n) is 7.31. The van der Waals surface area contributed by atoms with Crippen molar-refractivity contribution in [3.8, 4) is 0 Å². The number of nitrogens with one attached hydrogen (secondary N) is 2. The number of fused-ring (bicyclic) bond motifs is 1. The van der Waals surface area contributed by atoms with E-state index in [1.54, 1.807) is 6.92 Å². The van der Waals surface area contributed by atoms with E-state index in [1.807, 2.05) is 25.1 Å². The molecule has 0 saturated carbocycles. The van der Waals surface area contributed by atoms with E-state index in [0.717, 1.165) is 28.7 Å². The van der Waals surface area contributed by atoms with Crippen LogP contribution in [0.1, 0.15) is 12.5 Å². The molecule has 2 N–H and O–H groups in total. The molecule has 1 heterocycles. The van der Waals surface area contributed by atoms with Crippen molar-refractivity contribution in [2.75, 3.05) is 5.32 Å². The van der Waals surface area contributed by atoms with Gasteiger partial charge in [0.1, 0.15) is 0 Å². The van der Waals surface area contributed by atoms with Gasteiger partial charge in [0, 0.05) is 11.8 Å². The molecule has 0 aliphatic carbocycles. The monoisotopic (exact) mass is 347 g/mol. The number of aromatic nitrogens is 2. The van der Waals surface area contributed by atoms with Crippen LogP contribution in [-0.2, 0) is 4.79 Å². The van der Waals surface area contributed by atoms with Gasteiger partial charge in [-0.3, -0.25) is 4.79 Å². The molecule has 1 aromatic heterocycles. The summed E-state index contributed by atoms with van der Waals surface area (Å²) in [7, 11) is 0. The molecular weight excluding hydrogens is 332 g/mol. The van der Waals surface area contributed by atoms with Crippen LogP contribution >= 0.6 is 11.8 Å². The minimum atomic E-state index is -0.999. The van der Waals surface area contributed by atoms with Crippen molar-refractivity contribution >= 4 is 34.4 Å². The van der Waals surface area contributed by atoms with Crippen LogP contribution in [0.3, 0.4) is 0 Å². The maximum atomic E-state index is 13.2. The van der Waals surface area contributed by atoms with Gasteiger partial charge >= 0.3 is 0 Å². The Balaban J connectivity index is 1.69. The highest BCUT2D eigenvalue weighted by Crippen LogP contribution is 2.25. The quantitative estimate of drug-likeness (QED) is 0.693. The molecule has 0 radical (unpaired) electrons. The molecule has 0 bridgehead atoms. The fourth-order valence-electron chi connectivity index (χ4n) is 2.19. The average molecular weight is 347 g/mol. The van der Waals surface area contributed by atoms with Gasteiger partial charge in [0.25, 0.3) is 0 Å². The van der Waals surface area contributed by atoms with E-state index in [-0.39, 0.29) is 11.6 Å². The number of imidazole rings is 1. The summed E-state index contributed by atoms with van der Waals surface area (Å²) >= 11 is 1.26. The molecule has 3 aromatic rings. The number of carbonyl (C=O) groups is 1. The fourth-order valence-corrected chi connectivity index (χ4v) is 3.02. The van der Waals surface area contributed by atoms with E-state index in [2.05, 4.69) is 15.3 Å². The lowest BCUT2D eigenvalue weighted by atomic mass is 10.2. The van der Waals surface area contributed by atoms with Crippen molar-refractivity contribution in [2.45, 2.75) is 24.3 Å². The van der Waals surface area contributed by atoms with Gasteiger partial charge in [-0.25, -0.2) is 13.8 Å². The zero-order chi connectivity index (χ0) is 17.3. The van der Waals surface area contributed by atoms with Gasteiger partial charge in [-0.15, -0.1) is 0 Å². The number of hydrogen-bond donors (Lipinski definition) is 2. The lowest BCUT2D eigenvalue weighted by Crippen LogP contribution is -2.22. The number of hydrogen-bond acceptors (Lipinski definition) is 3. The van der Waals surface area contributed by atoms with E-state index in [9.17, 15) is 13.6 Å². The molecule has 0 spiro atoms. The summed E-state index contributed by atoms with van der Waals surface area (Å²) in [5, 5.41) is 2.73. The van der Waals surface area contributed by atoms with Crippen LogP contribution in [0.15, 0.2) is 41.6 Å². The predicted octanol–water partition coefficient (Wildman–Crippen LogP) is 4.27. The number of H-pyrrole nitrogens is 1. The Kier molecular flexibility index (Phi) is 4.53. The fraction of sp³-hybridized carbons (Fsp3) is 0.176. The van der Waals surface area contributed by atoms with Crippen molar-refractivity contribution < 1.29 is 13.6 Å². The molecule has 1 amide bonds. The summed E-state index contributed by atoms with van der Waals surface area (Å²) in [6.45, 7) is 3.71. The Labute approximate surface area is 141 Å². The molecule has 0 aliphatic heterocycles. The maximum absolute atomic E-state index is 13.2. The van der Waals surface area contributed by atoms with Crippen LogP contribution < -0.4 is 5.32 Å². The molecular formula is C17H15F2N3OS. The van der Waals surface area contributed by atoms with Crippen LogP contribution in [0.4, 0.5) is 14.5 Å². The molecule has 4 nitrogen and oxygen atoms in total. The van der Waals surface area contributed by atoms with E-state index < -0.39 is 16.9 Å². The highest BCUT2D eigenvalue weighted by atomic mass is 32.2. The van der Waals surface area contributed by atoms with Gasteiger partial charge in [-0.2, -0.15) is 0 Å². The first-order valence-corrected chi connectivity index (χ1v) is 8.19. The SMILES string of the molecule is Cc1ccc2nc(SC(C)C(=O)Nc3ccc(F)c(F)c3)[nH]c2c1. The molecule has 7 heteroatoms. The number of halogens is 2. The van der Waals surface area contributed by atoms with Gasteiger partial charge in [0.05, 0.1) is 16.3 Å². The lowest BCUT2D eigenvalue weighted by molar-refractivity contribution is -0.115. The van der Waals surface area contributed by atoms with Gasteiger partial charge in [-0.05, 0) is 43.7 Å². The minimum absolute atomic E-state index is 0.214. The van der Waals surface area contributed by atoms with Crippen LogP contribution in [0.5, 0.6) is 0 Å². The number of thioether (sulfide) groups is 1. The summed E-state index contributed by atoms with van der Waals surface area (Å²) in [5.41, 5.74) is 3.07. The second-order valence-corrected chi connectivity index (χ2v) is 6.77. The Bertz CT molecular complexity index is 910. The molecule has 1 unspecified atom stereocenters. The van der Waals surface area contributed by atoms with Crippen molar-refractivity contribution in [3.05, 3.63) is 53.6 Å². The van der Waals surface area contributed by atoms with Gasteiger partial charge in [-0.1, -0.05) is 17.8 Å². The number of amides is 1. The number of carbonyl (C=O) groups excluding carboxylic acids is 1. The van der Waals surface area contributed by atoms with Crippen LogP contribution in [-0.4, -0.2) is 21.1 Å². The summed E-state index contributed by atoms with van der Waals surface area (Å²) < 4.78 is 26.1. The third-order valence-corrected chi connectivity index (χ3v) is 4.44. The topological polar surface area (TPSA) is 57.8 Å². The van der Waals surface area contributed by atoms with E-state index in [0.29, 0.717) is 5.16 Å². The Hall–Kier alpha value is -2.41. The van der Waals surface area contributed by atoms with Crippen LogP contribution in [0.25, 0.3) is 11.0 Å². The normalized spacial score (nSPS) is 12.3. The molecule has 124 valence electrons. The number of rotatable bonds is 4. The number of aromatic amines is 1. The van der Waals surface area contributed by atoms with Crippen molar-refractivity contribution in [2.24, 2.45) is 0 Å². The van der Waals surface area contributed by atoms with Gasteiger partial charge in [0.2, 0.25) is 5.91 Å². The van der Waals surface area contributed by atoms with Crippen molar-refractivity contribution in [1.82, 2.24) is 9.97 Å². The van der Waals surface area contributed by atoms with Gasteiger partial charge < -0.3 is 10.3 Å². The number of benzene rings is 2. The van der Waals surface area contributed by atoms with E-state index in [4.69, 9.17) is 0 Å². The van der Waals surface area contributed by atoms with E-state index >= 15 is 0 Å². The first-order chi connectivity index (χ1) is 11.4. The van der Waals surface area contributed by atoms with E-state index in [1.165, 1.54) is 17.8 Å². The third-order valence-electron chi connectivity index (χ3n) is 3.46. The Morgan fingerprint density at radius 2 is 2.00 bits per heavy atom. The zero-order valence-electron chi connectivity index (χ0n) is 13.1. The molecule has 0 saturated heterocycles. The molecule has 1 atom stereocenters. The maximum Gasteiger partial charge on any atom is 0.237 e. The van der Waals surface area contributed by atoms with Crippen molar-refractivity contribution in [3.63, 3.8) is 0 Å². The second kappa shape index (κ2) is 6.60. The molecule has 0 aliphatic rings. The highest BCUT2D eigenvalue weighted by Gasteiger charge is 2.17. The number of nitrogens with zero attached hydrogens (tertiary/aromatic N) is 1. The Morgan fingerprint density at radius 1 is 1.21 bits per heavy atom. The second-order valence-electron chi connectivity index (χ2n) is 5.44. The molecule has 24 heavy (non-hydrogen) atoms.